The molecule has 0 amide bonds. The van der Waals surface area contributed by atoms with Crippen molar-refractivity contribution in [2.45, 2.75) is 6.92 Å². The number of carbonyl (C=O) groups is 2. The van der Waals surface area contributed by atoms with Crippen molar-refractivity contribution in [1.82, 2.24) is 4.98 Å². The van der Waals surface area contributed by atoms with Crippen LogP contribution in [0.15, 0.2) is 34.2 Å². The van der Waals surface area contributed by atoms with Crippen molar-refractivity contribution >= 4 is 27.7 Å². The number of Topliss-reactive ketones (excluding diaryl/α,β-unsaturated/α-hetero) is 1. The van der Waals surface area contributed by atoms with Gasteiger partial charge in [-0.1, -0.05) is 0 Å². The van der Waals surface area contributed by atoms with Crippen LogP contribution in [0.2, 0.25) is 0 Å². The van der Waals surface area contributed by atoms with Crippen LogP contribution >= 0.6 is 15.9 Å². The molecule has 0 fully saturated rings. The molecule has 0 unspecified atom stereocenters. The van der Waals surface area contributed by atoms with Crippen LogP contribution in [0.1, 0.15) is 17.3 Å². The Labute approximate surface area is 118 Å². The minimum Gasteiger partial charge on any atom is -0.454 e. The van der Waals surface area contributed by atoms with Crippen LogP contribution in [0.3, 0.4) is 0 Å². The van der Waals surface area contributed by atoms with Gasteiger partial charge in [0.05, 0.1) is 5.56 Å². The van der Waals surface area contributed by atoms with E-state index >= 15 is 0 Å². The summed E-state index contributed by atoms with van der Waals surface area (Å²) >= 11 is 3.16. The molecule has 6 nitrogen and oxygen atoms in total. The standard InChI is InChI=1S/C12H10BrN3O3/c1-7(15)10(3-14)11(17)6-19-12(18)8-2-9(13)5-16-4-8/h2,4-5H,6,15H2,1H3. The lowest BCUT2D eigenvalue weighted by atomic mass is 10.1. The van der Waals surface area contributed by atoms with Crippen LogP contribution in [0.5, 0.6) is 0 Å². The van der Waals surface area contributed by atoms with Gasteiger partial charge < -0.3 is 10.5 Å². The first-order valence-corrected chi connectivity index (χ1v) is 5.92. The van der Waals surface area contributed by atoms with Gasteiger partial charge in [-0.25, -0.2) is 4.79 Å². The molecule has 2 N–H and O–H groups in total. The van der Waals surface area contributed by atoms with Gasteiger partial charge in [0.1, 0.15) is 11.6 Å². The van der Waals surface area contributed by atoms with E-state index in [1.54, 1.807) is 6.07 Å². The maximum atomic E-state index is 11.6. The molecule has 0 radical (unpaired) electrons. The van der Waals surface area contributed by atoms with Gasteiger partial charge in [-0.15, -0.1) is 0 Å². The van der Waals surface area contributed by atoms with Gasteiger partial charge in [0.15, 0.2) is 6.61 Å². The van der Waals surface area contributed by atoms with Crippen LogP contribution in [0, 0.1) is 11.3 Å². The molecule has 0 bridgehead atoms. The van der Waals surface area contributed by atoms with Crippen molar-refractivity contribution in [2.24, 2.45) is 5.73 Å². The fourth-order valence-corrected chi connectivity index (χ4v) is 1.55. The molecule has 0 saturated heterocycles. The van der Waals surface area contributed by atoms with E-state index in [2.05, 4.69) is 20.9 Å². The highest BCUT2D eigenvalue weighted by Crippen LogP contribution is 2.10. The number of carbonyl (C=O) groups excluding carboxylic acids is 2. The predicted molar refractivity (Wildman–Crippen MR) is 69.7 cm³/mol. The van der Waals surface area contributed by atoms with Gasteiger partial charge >= 0.3 is 5.97 Å². The summed E-state index contributed by atoms with van der Waals surface area (Å²) in [5, 5.41) is 8.72. The van der Waals surface area contributed by atoms with E-state index in [1.807, 2.05) is 0 Å². The molecule has 1 aromatic heterocycles. The molecule has 0 aliphatic rings. The quantitative estimate of drug-likeness (QED) is 0.509. The monoisotopic (exact) mass is 323 g/mol. The molecule has 1 aromatic rings. The highest BCUT2D eigenvalue weighted by Gasteiger charge is 2.15. The van der Waals surface area contributed by atoms with Crippen molar-refractivity contribution in [3.8, 4) is 6.07 Å². The lowest BCUT2D eigenvalue weighted by molar-refractivity contribution is -0.118. The number of ketones is 1. The molecule has 0 atom stereocenters. The minimum absolute atomic E-state index is 0.0904. The second kappa shape index (κ2) is 6.66. The molecule has 1 heterocycles. The summed E-state index contributed by atoms with van der Waals surface area (Å²) in [7, 11) is 0. The number of nitrogens with two attached hydrogens (primary N) is 1. The van der Waals surface area contributed by atoms with E-state index in [0.717, 1.165) is 0 Å². The Kier molecular flexibility index (Phi) is 5.21. The van der Waals surface area contributed by atoms with E-state index in [1.165, 1.54) is 25.4 Å². The second-order valence-electron chi connectivity index (χ2n) is 3.56. The molecule has 98 valence electrons. The fraction of sp³-hybridized carbons (Fsp3) is 0.167. The Morgan fingerprint density at radius 1 is 1.53 bits per heavy atom. The third kappa shape index (κ3) is 4.19. The molecule has 1 rings (SSSR count). The molecular formula is C12H10BrN3O3. The number of hydrogen-bond donors (Lipinski definition) is 1. The van der Waals surface area contributed by atoms with E-state index in [-0.39, 0.29) is 16.8 Å². The summed E-state index contributed by atoms with van der Waals surface area (Å²) < 4.78 is 5.40. The zero-order valence-corrected chi connectivity index (χ0v) is 11.6. The highest BCUT2D eigenvalue weighted by molar-refractivity contribution is 9.10. The SMILES string of the molecule is CC(N)=C(C#N)C(=O)COC(=O)c1cncc(Br)c1. The number of pyridine rings is 1. The topological polar surface area (TPSA) is 106 Å². The third-order valence-electron chi connectivity index (χ3n) is 2.06. The molecule has 0 spiro atoms. The summed E-state index contributed by atoms with van der Waals surface area (Å²) in [5.41, 5.74) is 5.45. The van der Waals surface area contributed by atoms with E-state index in [0.29, 0.717) is 4.47 Å². The fourth-order valence-electron chi connectivity index (χ4n) is 1.18. The van der Waals surface area contributed by atoms with Crippen LogP contribution in [-0.4, -0.2) is 23.3 Å². The Bertz CT molecular complexity index is 586. The van der Waals surface area contributed by atoms with Crippen molar-refractivity contribution in [1.29, 1.82) is 5.26 Å². The number of allylic oxidation sites excluding steroid dienone is 1. The Hall–Kier alpha value is -2.20. The van der Waals surface area contributed by atoms with Crippen LogP contribution in [-0.2, 0) is 9.53 Å². The van der Waals surface area contributed by atoms with Gasteiger partial charge in [-0.3, -0.25) is 9.78 Å². The maximum Gasteiger partial charge on any atom is 0.340 e. The summed E-state index contributed by atoms with van der Waals surface area (Å²) in [4.78, 5) is 27.0. The van der Waals surface area contributed by atoms with Crippen molar-refractivity contribution in [3.05, 3.63) is 39.8 Å². The minimum atomic E-state index is -0.700. The molecule has 0 aliphatic carbocycles. The number of halogens is 1. The summed E-state index contributed by atoms with van der Waals surface area (Å²) in [6.07, 6.45) is 2.82. The normalized spacial score (nSPS) is 11.2. The first-order chi connectivity index (χ1) is 8.95. The van der Waals surface area contributed by atoms with Crippen LogP contribution in [0.4, 0.5) is 0 Å². The summed E-state index contributed by atoms with van der Waals surface area (Å²) in [6.45, 7) is 0.888. The molecular weight excluding hydrogens is 314 g/mol. The average Bonchev–Trinajstić information content (AvgIpc) is 2.36. The zero-order chi connectivity index (χ0) is 14.4. The highest BCUT2D eigenvalue weighted by atomic mass is 79.9. The smallest absolute Gasteiger partial charge is 0.340 e. The van der Waals surface area contributed by atoms with Crippen LogP contribution < -0.4 is 5.73 Å². The number of nitriles is 1. The maximum absolute atomic E-state index is 11.6. The largest absolute Gasteiger partial charge is 0.454 e. The molecule has 7 heteroatoms. The number of hydrogen-bond acceptors (Lipinski definition) is 6. The van der Waals surface area contributed by atoms with E-state index in [9.17, 15) is 9.59 Å². The Balaban J connectivity index is 2.69. The van der Waals surface area contributed by atoms with Gasteiger partial charge in [0, 0.05) is 22.6 Å². The number of esters is 1. The molecule has 0 saturated carbocycles. The number of nitrogens with zero attached hydrogens (tertiary/aromatic N) is 2. The summed E-state index contributed by atoms with van der Waals surface area (Å²) in [6, 6.07) is 3.18. The first-order valence-electron chi connectivity index (χ1n) is 5.13. The first kappa shape index (κ1) is 14.9. The van der Waals surface area contributed by atoms with E-state index in [4.69, 9.17) is 15.7 Å². The molecule has 19 heavy (non-hydrogen) atoms. The third-order valence-corrected chi connectivity index (χ3v) is 2.49. The van der Waals surface area contributed by atoms with E-state index < -0.39 is 18.4 Å². The second-order valence-corrected chi connectivity index (χ2v) is 4.48. The Morgan fingerprint density at radius 2 is 2.21 bits per heavy atom. The number of aromatic nitrogens is 1. The van der Waals surface area contributed by atoms with Gasteiger partial charge in [0.2, 0.25) is 5.78 Å². The Morgan fingerprint density at radius 3 is 2.74 bits per heavy atom. The molecule has 0 aromatic carbocycles. The van der Waals surface area contributed by atoms with Gasteiger partial charge in [-0.2, -0.15) is 5.26 Å². The zero-order valence-electron chi connectivity index (χ0n) is 10.0. The van der Waals surface area contributed by atoms with Crippen molar-refractivity contribution < 1.29 is 14.3 Å². The summed E-state index contributed by atoms with van der Waals surface area (Å²) in [5.74, 6) is -1.34. The lowest BCUT2D eigenvalue weighted by Crippen LogP contribution is -2.17. The number of ether oxygens (including phenoxy) is 1. The van der Waals surface area contributed by atoms with Gasteiger partial charge in [-0.05, 0) is 28.9 Å². The predicted octanol–water partition coefficient (Wildman–Crippen LogP) is 1.33. The number of rotatable bonds is 4. The van der Waals surface area contributed by atoms with Gasteiger partial charge in [0.25, 0.3) is 0 Å². The van der Waals surface area contributed by atoms with Crippen molar-refractivity contribution in [3.63, 3.8) is 0 Å². The lowest BCUT2D eigenvalue weighted by Gasteiger charge is -2.04. The van der Waals surface area contributed by atoms with Crippen LogP contribution in [0.25, 0.3) is 0 Å². The van der Waals surface area contributed by atoms with Crippen molar-refractivity contribution in [2.75, 3.05) is 6.61 Å². The molecule has 0 aliphatic heterocycles. The average molecular weight is 324 g/mol.